The lowest BCUT2D eigenvalue weighted by Crippen LogP contribution is -2.32. The first-order chi connectivity index (χ1) is 9.26. The molecular weight excluding hydrogens is 242 g/mol. The standard InChI is InChI=1S/C14H15N3O2/c1-19-12-4-2-11(3-5-12)17-7-6-13-10(9-17)8-14(18)16-15-13/h2-5,8H,6-7,9H2,1H3,(H,16,18). The van der Waals surface area contributed by atoms with Crippen LogP contribution in [0.25, 0.3) is 0 Å². The second-order valence-electron chi connectivity index (χ2n) is 4.57. The highest BCUT2D eigenvalue weighted by Gasteiger charge is 2.18. The van der Waals surface area contributed by atoms with Crippen molar-refractivity contribution >= 4 is 5.69 Å². The Kier molecular flexibility index (Phi) is 2.95. The van der Waals surface area contributed by atoms with Gasteiger partial charge in [0.2, 0.25) is 0 Å². The molecule has 0 fully saturated rings. The lowest BCUT2D eigenvalue weighted by molar-refractivity contribution is 0.415. The summed E-state index contributed by atoms with van der Waals surface area (Å²) in [5.41, 5.74) is 2.98. The summed E-state index contributed by atoms with van der Waals surface area (Å²) in [6, 6.07) is 9.59. The summed E-state index contributed by atoms with van der Waals surface area (Å²) in [5, 5.41) is 6.58. The zero-order valence-corrected chi connectivity index (χ0v) is 10.7. The lowest BCUT2D eigenvalue weighted by atomic mass is 10.1. The number of rotatable bonds is 2. The third-order valence-electron chi connectivity index (χ3n) is 3.39. The van der Waals surface area contributed by atoms with E-state index in [-0.39, 0.29) is 5.56 Å². The quantitative estimate of drug-likeness (QED) is 0.882. The van der Waals surface area contributed by atoms with Crippen LogP contribution >= 0.6 is 0 Å². The second kappa shape index (κ2) is 4.76. The molecule has 5 nitrogen and oxygen atoms in total. The fraction of sp³-hybridized carbons (Fsp3) is 0.286. The highest BCUT2D eigenvalue weighted by Crippen LogP contribution is 2.24. The maximum Gasteiger partial charge on any atom is 0.264 e. The van der Waals surface area contributed by atoms with Crippen LogP contribution in [0.15, 0.2) is 35.1 Å². The summed E-state index contributed by atoms with van der Waals surface area (Å²) in [4.78, 5) is 13.6. The molecule has 3 rings (SSSR count). The van der Waals surface area contributed by atoms with Crippen LogP contribution in [0.2, 0.25) is 0 Å². The molecule has 2 aromatic rings. The number of benzene rings is 1. The molecule has 19 heavy (non-hydrogen) atoms. The van der Waals surface area contributed by atoms with Crippen molar-refractivity contribution < 1.29 is 4.74 Å². The van der Waals surface area contributed by atoms with Crippen molar-refractivity contribution in [2.75, 3.05) is 18.6 Å². The second-order valence-corrected chi connectivity index (χ2v) is 4.57. The van der Waals surface area contributed by atoms with Gasteiger partial charge in [0.1, 0.15) is 5.75 Å². The van der Waals surface area contributed by atoms with Crippen molar-refractivity contribution in [3.05, 3.63) is 51.9 Å². The molecule has 1 aromatic heterocycles. The van der Waals surface area contributed by atoms with Crippen LogP contribution in [-0.4, -0.2) is 23.9 Å². The van der Waals surface area contributed by atoms with Gasteiger partial charge in [0.05, 0.1) is 12.8 Å². The van der Waals surface area contributed by atoms with Crippen LogP contribution in [-0.2, 0) is 13.0 Å². The number of anilines is 1. The van der Waals surface area contributed by atoms with Gasteiger partial charge in [-0.25, -0.2) is 5.10 Å². The molecule has 1 N–H and O–H groups in total. The molecule has 0 bridgehead atoms. The van der Waals surface area contributed by atoms with E-state index < -0.39 is 0 Å². The molecule has 0 saturated heterocycles. The number of H-pyrrole nitrogens is 1. The van der Waals surface area contributed by atoms with Crippen molar-refractivity contribution in [3.8, 4) is 5.75 Å². The van der Waals surface area contributed by atoms with Gasteiger partial charge in [0.15, 0.2) is 0 Å². The summed E-state index contributed by atoms with van der Waals surface area (Å²) in [6.45, 7) is 1.62. The molecule has 2 heterocycles. The molecule has 1 aromatic carbocycles. The van der Waals surface area contributed by atoms with Gasteiger partial charge in [-0.3, -0.25) is 4.79 Å². The fourth-order valence-corrected chi connectivity index (χ4v) is 2.36. The highest BCUT2D eigenvalue weighted by atomic mass is 16.5. The molecule has 0 spiro atoms. The fourth-order valence-electron chi connectivity index (χ4n) is 2.36. The first-order valence-corrected chi connectivity index (χ1v) is 6.23. The summed E-state index contributed by atoms with van der Waals surface area (Å²) >= 11 is 0. The Morgan fingerprint density at radius 1 is 1.32 bits per heavy atom. The van der Waals surface area contributed by atoms with Crippen molar-refractivity contribution in [2.45, 2.75) is 13.0 Å². The zero-order chi connectivity index (χ0) is 13.2. The van der Waals surface area contributed by atoms with Crippen LogP contribution in [0.4, 0.5) is 5.69 Å². The molecule has 0 saturated carbocycles. The molecule has 0 aliphatic carbocycles. The maximum atomic E-state index is 11.3. The molecule has 98 valence electrons. The predicted octanol–water partition coefficient (Wildman–Crippen LogP) is 1.34. The minimum absolute atomic E-state index is 0.143. The molecule has 0 radical (unpaired) electrons. The largest absolute Gasteiger partial charge is 0.497 e. The number of aromatic nitrogens is 2. The number of methoxy groups -OCH3 is 1. The number of nitrogens with one attached hydrogen (secondary N) is 1. The SMILES string of the molecule is COc1ccc(N2CCc3n[nH]c(=O)cc3C2)cc1. The Balaban J connectivity index is 1.86. The molecular formula is C14H15N3O2. The van der Waals surface area contributed by atoms with Crippen molar-refractivity contribution in [2.24, 2.45) is 0 Å². The van der Waals surface area contributed by atoms with Gasteiger partial charge >= 0.3 is 0 Å². The predicted molar refractivity (Wildman–Crippen MR) is 72.6 cm³/mol. The van der Waals surface area contributed by atoms with E-state index >= 15 is 0 Å². The third-order valence-corrected chi connectivity index (χ3v) is 3.39. The van der Waals surface area contributed by atoms with Crippen LogP contribution in [0.3, 0.4) is 0 Å². The smallest absolute Gasteiger partial charge is 0.264 e. The number of nitrogens with zero attached hydrogens (tertiary/aromatic N) is 2. The molecule has 0 unspecified atom stereocenters. The lowest BCUT2D eigenvalue weighted by Gasteiger charge is -2.29. The minimum Gasteiger partial charge on any atom is -0.497 e. The van der Waals surface area contributed by atoms with Crippen LogP contribution in [0, 0.1) is 0 Å². The van der Waals surface area contributed by atoms with Crippen molar-refractivity contribution in [1.29, 1.82) is 0 Å². The minimum atomic E-state index is -0.143. The topological polar surface area (TPSA) is 58.2 Å². The first-order valence-electron chi connectivity index (χ1n) is 6.23. The van der Waals surface area contributed by atoms with Gasteiger partial charge in [-0.2, -0.15) is 5.10 Å². The highest BCUT2D eigenvalue weighted by molar-refractivity contribution is 5.50. The summed E-state index contributed by atoms with van der Waals surface area (Å²) in [7, 11) is 1.66. The van der Waals surface area contributed by atoms with Gasteiger partial charge in [-0.05, 0) is 24.3 Å². The van der Waals surface area contributed by atoms with Crippen molar-refractivity contribution in [1.82, 2.24) is 10.2 Å². The number of fused-ring (bicyclic) bond motifs is 1. The van der Waals surface area contributed by atoms with E-state index in [4.69, 9.17) is 4.74 Å². The molecule has 1 aliphatic heterocycles. The maximum absolute atomic E-state index is 11.3. The monoisotopic (exact) mass is 257 g/mol. The van der Waals surface area contributed by atoms with Gasteiger partial charge in [-0.15, -0.1) is 0 Å². The van der Waals surface area contributed by atoms with E-state index in [0.29, 0.717) is 0 Å². The number of hydrogen-bond donors (Lipinski definition) is 1. The Hall–Kier alpha value is -2.30. The zero-order valence-electron chi connectivity index (χ0n) is 10.7. The Labute approximate surface area is 110 Å². The summed E-state index contributed by atoms with van der Waals surface area (Å²) in [6.07, 6.45) is 0.845. The normalized spacial score (nSPS) is 14.1. The average molecular weight is 257 g/mol. The number of aromatic amines is 1. The van der Waals surface area contributed by atoms with E-state index in [1.165, 1.54) is 0 Å². The van der Waals surface area contributed by atoms with E-state index in [9.17, 15) is 4.79 Å². The first kappa shape index (κ1) is 11.8. The Bertz CT molecular complexity index is 634. The molecule has 1 aliphatic rings. The van der Waals surface area contributed by atoms with Gasteiger partial charge in [0.25, 0.3) is 5.56 Å². The number of ether oxygens (including phenoxy) is 1. The number of hydrogen-bond acceptors (Lipinski definition) is 4. The van der Waals surface area contributed by atoms with E-state index in [2.05, 4.69) is 15.1 Å². The summed E-state index contributed by atoms with van der Waals surface area (Å²) < 4.78 is 5.15. The van der Waals surface area contributed by atoms with E-state index in [1.54, 1.807) is 13.2 Å². The van der Waals surface area contributed by atoms with Crippen molar-refractivity contribution in [3.63, 3.8) is 0 Å². The van der Waals surface area contributed by atoms with Crippen LogP contribution in [0.5, 0.6) is 5.75 Å². The van der Waals surface area contributed by atoms with Crippen LogP contribution < -0.4 is 15.2 Å². The summed E-state index contributed by atoms with van der Waals surface area (Å²) in [5.74, 6) is 0.847. The van der Waals surface area contributed by atoms with E-state index in [0.717, 1.165) is 42.2 Å². The molecule has 0 atom stereocenters. The molecule has 0 amide bonds. The van der Waals surface area contributed by atoms with Gasteiger partial charge < -0.3 is 9.64 Å². The molecule has 5 heteroatoms. The third kappa shape index (κ3) is 2.31. The van der Waals surface area contributed by atoms with Crippen LogP contribution in [0.1, 0.15) is 11.3 Å². The average Bonchev–Trinajstić information content (AvgIpc) is 2.46. The van der Waals surface area contributed by atoms with Gasteiger partial charge in [-0.1, -0.05) is 0 Å². The van der Waals surface area contributed by atoms with E-state index in [1.807, 2.05) is 24.3 Å². The van der Waals surface area contributed by atoms with Gasteiger partial charge in [0, 0.05) is 36.8 Å². The Morgan fingerprint density at radius 3 is 2.84 bits per heavy atom. The Morgan fingerprint density at radius 2 is 2.11 bits per heavy atom.